The van der Waals surface area contributed by atoms with Gasteiger partial charge in [0.2, 0.25) is 0 Å². The van der Waals surface area contributed by atoms with Crippen molar-refractivity contribution in [1.29, 1.82) is 0 Å². The van der Waals surface area contributed by atoms with Gasteiger partial charge >= 0.3 is 0 Å². The van der Waals surface area contributed by atoms with Gasteiger partial charge in [0.25, 0.3) is 5.91 Å². The highest BCUT2D eigenvalue weighted by molar-refractivity contribution is 5.98. The molecule has 0 saturated carbocycles. The highest BCUT2D eigenvalue weighted by atomic mass is 16.5. The predicted octanol–water partition coefficient (Wildman–Crippen LogP) is 4.25. The van der Waals surface area contributed by atoms with Crippen LogP contribution in [0.15, 0.2) is 48.5 Å². The fourth-order valence-electron chi connectivity index (χ4n) is 3.53. The van der Waals surface area contributed by atoms with Gasteiger partial charge in [-0.15, -0.1) is 0 Å². The van der Waals surface area contributed by atoms with E-state index in [9.17, 15) is 4.79 Å². The minimum absolute atomic E-state index is 0.0424. The summed E-state index contributed by atoms with van der Waals surface area (Å²) in [6, 6.07) is 15.9. The summed E-state index contributed by atoms with van der Waals surface area (Å²) >= 11 is 0. The van der Waals surface area contributed by atoms with E-state index < -0.39 is 0 Å². The van der Waals surface area contributed by atoms with E-state index in [-0.39, 0.29) is 5.91 Å². The number of hydrogen-bond donors (Lipinski definition) is 0. The van der Waals surface area contributed by atoms with Crippen LogP contribution in [0.3, 0.4) is 0 Å². The van der Waals surface area contributed by atoms with Crippen molar-refractivity contribution >= 4 is 5.91 Å². The van der Waals surface area contributed by atoms with Crippen LogP contribution in [0.2, 0.25) is 0 Å². The zero-order valence-corrected chi connectivity index (χ0v) is 15.6. The van der Waals surface area contributed by atoms with Crippen LogP contribution in [0.1, 0.15) is 30.1 Å². The second-order valence-electron chi connectivity index (χ2n) is 6.70. The lowest BCUT2D eigenvalue weighted by Crippen LogP contribution is -2.41. The van der Waals surface area contributed by atoms with Gasteiger partial charge in [0, 0.05) is 19.7 Å². The number of methoxy groups -OCH3 is 1. The van der Waals surface area contributed by atoms with Gasteiger partial charge in [0.1, 0.15) is 5.75 Å². The third-order valence-electron chi connectivity index (χ3n) is 4.90. The van der Waals surface area contributed by atoms with Gasteiger partial charge in [-0.1, -0.05) is 36.4 Å². The maximum atomic E-state index is 13.2. The topological polar surface area (TPSA) is 38.8 Å². The van der Waals surface area contributed by atoms with Crippen LogP contribution in [0, 0.1) is 5.92 Å². The standard InChI is InChI=1S/C22H27NO3/c1-3-26-16-17-8-7-13-23(15-17)22(24)20-14-19(11-12-21(20)25-2)18-9-5-4-6-10-18/h4-6,9-12,14,17H,3,7-8,13,15-16H2,1-2H3. The van der Waals surface area contributed by atoms with E-state index in [1.165, 1.54) is 0 Å². The molecule has 4 nitrogen and oxygen atoms in total. The fraction of sp³-hybridized carbons (Fsp3) is 0.409. The first-order chi connectivity index (χ1) is 12.7. The summed E-state index contributed by atoms with van der Waals surface area (Å²) in [4.78, 5) is 15.1. The quantitative estimate of drug-likeness (QED) is 0.779. The Morgan fingerprint density at radius 3 is 2.69 bits per heavy atom. The van der Waals surface area contributed by atoms with Crippen LogP contribution in [-0.2, 0) is 4.74 Å². The Morgan fingerprint density at radius 1 is 1.15 bits per heavy atom. The number of benzene rings is 2. The molecule has 1 unspecified atom stereocenters. The van der Waals surface area contributed by atoms with E-state index in [2.05, 4.69) is 12.1 Å². The van der Waals surface area contributed by atoms with Gasteiger partial charge in [-0.2, -0.15) is 0 Å². The maximum absolute atomic E-state index is 13.2. The minimum Gasteiger partial charge on any atom is -0.496 e. The second-order valence-corrected chi connectivity index (χ2v) is 6.70. The molecule has 1 amide bonds. The molecule has 1 aliphatic heterocycles. The third-order valence-corrected chi connectivity index (χ3v) is 4.90. The molecule has 1 heterocycles. The van der Waals surface area contributed by atoms with E-state index in [1.54, 1.807) is 7.11 Å². The van der Waals surface area contributed by atoms with Crippen molar-refractivity contribution in [3.63, 3.8) is 0 Å². The number of piperidine rings is 1. The number of likely N-dealkylation sites (tertiary alicyclic amines) is 1. The lowest BCUT2D eigenvalue weighted by Gasteiger charge is -2.33. The van der Waals surface area contributed by atoms with Crippen molar-refractivity contribution in [2.24, 2.45) is 5.92 Å². The monoisotopic (exact) mass is 353 g/mol. The number of hydrogen-bond acceptors (Lipinski definition) is 3. The van der Waals surface area contributed by atoms with Crippen molar-refractivity contribution in [1.82, 2.24) is 4.90 Å². The van der Waals surface area contributed by atoms with Crippen molar-refractivity contribution in [2.45, 2.75) is 19.8 Å². The molecule has 0 N–H and O–H groups in total. The van der Waals surface area contributed by atoms with Crippen molar-refractivity contribution in [2.75, 3.05) is 33.4 Å². The first-order valence-electron chi connectivity index (χ1n) is 9.33. The van der Waals surface area contributed by atoms with Crippen LogP contribution in [0.4, 0.5) is 0 Å². The van der Waals surface area contributed by atoms with Gasteiger partial charge < -0.3 is 14.4 Å². The average molecular weight is 353 g/mol. The van der Waals surface area contributed by atoms with Gasteiger partial charge in [0.05, 0.1) is 19.3 Å². The van der Waals surface area contributed by atoms with E-state index in [1.807, 2.05) is 48.2 Å². The molecule has 1 fully saturated rings. The largest absolute Gasteiger partial charge is 0.496 e. The van der Waals surface area contributed by atoms with Gasteiger partial charge in [-0.25, -0.2) is 0 Å². The molecule has 0 aliphatic carbocycles. The molecule has 26 heavy (non-hydrogen) atoms. The Morgan fingerprint density at radius 2 is 1.96 bits per heavy atom. The molecular formula is C22H27NO3. The second kappa shape index (κ2) is 8.86. The Balaban J connectivity index is 1.83. The number of nitrogens with zero attached hydrogens (tertiary/aromatic N) is 1. The summed E-state index contributed by atoms with van der Waals surface area (Å²) in [6.07, 6.45) is 2.13. The minimum atomic E-state index is 0.0424. The van der Waals surface area contributed by atoms with E-state index in [4.69, 9.17) is 9.47 Å². The fourth-order valence-corrected chi connectivity index (χ4v) is 3.53. The van der Waals surface area contributed by atoms with Crippen molar-refractivity contribution in [3.05, 3.63) is 54.1 Å². The number of amides is 1. The van der Waals surface area contributed by atoms with E-state index >= 15 is 0 Å². The molecule has 138 valence electrons. The van der Waals surface area contributed by atoms with Crippen molar-refractivity contribution < 1.29 is 14.3 Å². The summed E-state index contributed by atoms with van der Waals surface area (Å²) in [7, 11) is 1.61. The smallest absolute Gasteiger partial charge is 0.257 e. The lowest BCUT2D eigenvalue weighted by molar-refractivity contribution is 0.0499. The Labute approximate surface area is 155 Å². The van der Waals surface area contributed by atoms with Gasteiger partial charge in [-0.3, -0.25) is 4.79 Å². The molecule has 0 spiro atoms. The highest BCUT2D eigenvalue weighted by Gasteiger charge is 2.26. The summed E-state index contributed by atoms with van der Waals surface area (Å²) in [5.74, 6) is 1.08. The molecule has 2 aromatic carbocycles. The average Bonchev–Trinajstić information content (AvgIpc) is 2.72. The molecule has 0 aromatic heterocycles. The Kier molecular flexibility index (Phi) is 6.29. The molecule has 0 bridgehead atoms. The molecular weight excluding hydrogens is 326 g/mol. The molecule has 0 radical (unpaired) electrons. The van der Waals surface area contributed by atoms with E-state index in [0.717, 1.165) is 50.3 Å². The van der Waals surface area contributed by atoms with Crippen LogP contribution in [-0.4, -0.2) is 44.2 Å². The van der Waals surface area contributed by atoms with Crippen LogP contribution < -0.4 is 4.74 Å². The van der Waals surface area contributed by atoms with Crippen LogP contribution >= 0.6 is 0 Å². The first-order valence-corrected chi connectivity index (χ1v) is 9.33. The zero-order chi connectivity index (χ0) is 18.4. The third kappa shape index (κ3) is 4.25. The zero-order valence-electron chi connectivity index (χ0n) is 15.6. The van der Waals surface area contributed by atoms with Crippen molar-refractivity contribution in [3.8, 4) is 16.9 Å². The first kappa shape index (κ1) is 18.5. The predicted molar refractivity (Wildman–Crippen MR) is 104 cm³/mol. The summed E-state index contributed by atoms with van der Waals surface area (Å²) in [5.41, 5.74) is 2.75. The number of carbonyl (C=O) groups excluding carboxylic acids is 1. The maximum Gasteiger partial charge on any atom is 0.257 e. The normalized spacial score (nSPS) is 17.2. The summed E-state index contributed by atoms with van der Waals surface area (Å²) in [6.45, 7) is 4.99. The number of carbonyl (C=O) groups is 1. The van der Waals surface area contributed by atoms with Crippen LogP contribution in [0.5, 0.6) is 5.75 Å². The van der Waals surface area contributed by atoms with Gasteiger partial charge in [0.15, 0.2) is 0 Å². The Bertz CT molecular complexity index is 729. The molecule has 1 aliphatic rings. The molecule has 1 atom stereocenters. The summed E-state index contributed by atoms with van der Waals surface area (Å²) in [5, 5.41) is 0. The van der Waals surface area contributed by atoms with E-state index in [0.29, 0.717) is 17.2 Å². The molecule has 2 aromatic rings. The summed E-state index contributed by atoms with van der Waals surface area (Å²) < 4.78 is 11.0. The molecule has 3 rings (SSSR count). The highest BCUT2D eigenvalue weighted by Crippen LogP contribution is 2.29. The van der Waals surface area contributed by atoms with Gasteiger partial charge in [-0.05, 0) is 48.9 Å². The lowest BCUT2D eigenvalue weighted by atomic mass is 9.97. The SMILES string of the molecule is CCOCC1CCCN(C(=O)c2cc(-c3ccccc3)ccc2OC)C1. The molecule has 4 heteroatoms. The molecule has 1 saturated heterocycles. The number of rotatable bonds is 6. The Hall–Kier alpha value is -2.33. The van der Waals surface area contributed by atoms with Crippen LogP contribution in [0.25, 0.3) is 11.1 Å². The number of ether oxygens (including phenoxy) is 2.